The van der Waals surface area contributed by atoms with Crippen LogP contribution >= 0.6 is 0 Å². The molecule has 3 rings (SSSR count). The van der Waals surface area contributed by atoms with Gasteiger partial charge in [-0.1, -0.05) is 50.2 Å². The van der Waals surface area contributed by atoms with Gasteiger partial charge in [-0.3, -0.25) is 0 Å². The van der Waals surface area contributed by atoms with Crippen LogP contribution in [0.4, 0.5) is 0 Å². The highest BCUT2D eigenvalue weighted by Crippen LogP contribution is 2.28. The number of aromatic nitrogens is 2. The van der Waals surface area contributed by atoms with Gasteiger partial charge >= 0.3 is 0 Å². The van der Waals surface area contributed by atoms with Gasteiger partial charge in [-0.25, -0.2) is 4.98 Å². The number of fused-ring (bicyclic) bond motifs is 1. The molecule has 0 saturated heterocycles. The van der Waals surface area contributed by atoms with Crippen LogP contribution in [0.2, 0.25) is 0 Å². The normalized spacial score (nSPS) is 9.94. The van der Waals surface area contributed by atoms with E-state index in [1.807, 2.05) is 20.0 Å². The van der Waals surface area contributed by atoms with E-state index in [1.54, 1.807) is 6.33 Å². The lowest BCUT2D eigenvalue weighted by molar-refractivity contribution is 1.31. The van der Waals surface area contributed by atoms with Gasteiger partial charge < -0.3 is 4.98 Å². The molecule has 0 atom stereocenters. The number of imidazole rings is 1. The first kappa shape index (κ1) is 12.4. The van der Waals surface area contributed by atoms with E-state index in [0.717, 1.165) is 5.69 Å². The van der Waals surface area contributed by atoms with Gasteiger partial charge in [0.25, 0.3) is 0 Å². The fraction of sp³-hybridized carbons (Fsp3) is 0.188. The average Bonchev–Trinajstić information content (AvgIpc) is 2.96. The van der Waals surface area contributed by atoms with Crippen molar-refractivity contribution >= 4 is 10.8 Å². The lowest BCUT2D eigenvalue weighted by Crippen LogP contribution is -1.84. The molecule has 0 spiro atoms. The maximum absolute atomic E-state index is 4.07. The third-order valence-electron chi connectivity index (χ3n) is 2.93. The Kier molecular flexibility index (Phi) is 3.78. The summed E-state index contributed by atoms with van der Waals surface area (Å²) in [6, 6.07) is 12.8. The second-order valence-corrected chi connectivity index (χ2v) is 3.94. The Bertz CT molecular complexity index is 630. The Hall–Kier alpha value is -2.09. The summed E-state index contributed by atoms with van der Waals surface area (Å²) in [7, 11) is 0. The molecule has 2 heteroatoms. The molecule has 94 valence electrons. The molecule has 2 nitrogen and oxygen atoms in total. The molecular formula is C16H20N2. The molecule has 1 heterocycles. The van der Waals surface area contributed by atoms with Gasteiger partial charge in [-0.05, 0) is 23.3 Å². The van der Waals surface area contributed by atoms with Crippen molar-refractivity contribution in [3.05, 3.63) is 54.5 Å². The molecule has 0 saturated carbocycles. The van der Waals surface area contributed by atoms with E-state index in [9.17, 15) is 0 Å². The summed E-state index contributed by atoms with van der Waals surface area (Å²) in [6.45, 7) is 6.14. The number of H-pyrrole nitrogens is 1. The van der Waals surface area contributed by atoms with Crippen molar-refractivity contribution in [2.24, 2.45) is 0 Å². The van der Waals surface area contributed by atoms with Crippen molar-refractivity contribution in [1.82, 2.24) is 9.97 Å². The molecule has 0 bridgehead atoms. The third kappa shape index (κ3) is 2.14. The predicted octanol–water partition coefficient (Wildman–Crippen LogP) is 4.81. The summed E-state index contributed by atoms with van der Waals surface area (Å²) in [5, 5.41) is 2.57. The van der Waals surface area contributed by atoms with Crippen molar-refractivity contribution in [3.63, 3.8) is 0 Å². The quantitative estimate of drug-likeness (QED) is 0.649. The molecule has 18 heavy (non-hydrogen) atoms. The van der Waals surface area contributed by atoms with Crippen LogP contribution in [0.1, 0.15) is 20.8 Å². The maximum Gasteiger partial charge on any atom is 0.0924 e. The van der Waals surface area contributed by atoms with Crippen LogP contribution in [0.3, 0.4) is 0 Å². The van der Waals surface area contributed by atoms with Crippen LogP contribution in [0.25, 0.3) is 22.0 Å². The second-order valence-electron chi connectivity index (χ2n) is 3.94. The minimum absolute atomic E-state index is 0. The lowest BCUT2D eigenvalue weighted by Gasteiger charge is -2.06. The molecule has 0 aliphatic carbocycles. The minimum Gasteiger partial charge on any atom is -0.345 e. The molecule has 0 fully saturated rings. The molecule has 3 aromatic rings. The highest BCUT2D eigenvalue weighted by Gasteiger charge is 2.05. The molecule has 1 aromatic heterocycles. The van der Waals surface area contributed by atoms with Gasteiger partial charge in [0.1, 0.15) is 0 Å². The van der Waals surface area contributed by atoms with Crippen LogP contribution in [0.15, 0.2) is 48.9 Å². The molecule has 0 amide bonds. The van der Waals surface area contributed by atoms with Gasteiger partial charge in [-0.15, -0.1) is 0 Å². The smallest absolute Gasteiger partial charge is 0.0924 e. The molecule has 2 aromatic carbocycles. The highest BCUT2D eigenvalue weighted by molar-refractivity contribution is 5.97. The van der Waals surface area contributed by atoms with E-state index >= 15 is 0 Å². The van der Waals surface area contributed by atoms with Gasteiger partial charge in [-0.2, -0.15) is 0 Å². The summed E-state index contributed by atoms with van der Waals surface area (Å²) in [4.78, 5) is 7.23. The zero-order valence-electron chi connectivity index (χ0n) is 11.1. The fourth-order valence-electron chi connectivity index (χ4n) is 2.09. The SMILES string of the molecule is CC.Cc1ccc(-c2cnc[nH]2)c2ccccc12.[HH]. The Balaban J connectivity index is 0.000000576. The minimum atomic E-state index is 0. The van der Waals surface area contributed by atoms with Crippen LogP contribution in [0, 0.1) is 6.92 Å². The van der Waals surface area contributed by atoms with E-state index in [-0.39, 0.29) is 1.43 Å². The highest BCUT2D eigenvalue weighted by atomic mass is 14.9. The number of benzene rings is 2. The number of rotatable bonds is 1. The Morgan fingerprint density at radius 1 is 1.00 bits per heavy atom. The first-order chi connectivity index (χ1) is 8.86. The largest absolute Gasteiger partial charge is 0.345 e. The Morgan fingerprint density at radius 3 is 2.39 bits per heavy atom. The van der Waals surface area contributed by atoms with Crippen LogP contribution in [0.5, 0.6) is 0 Å². The van der Waals surface area contributed by atoms with Gasteiger partial charge in [0.05, 0.1) is 18.2 Å². The van der Waals surface area contributed by atoms with Crippen LogP contribution in [-0.2, 0) is 0 Å². The van der Waals surface area contributed by atoms with E-state index in [4.69, 9.17) is 0 Å². The molecule has 1 N–H and O–H groups in total. The van der Waals surface area contributed by atoms with Crippen molar-refractivity contribution in [3.8, 4) is 11.3 Å². The number of hydrogen-bond donors (Lipinski definition) is 1. The van der Waals surface area contributed by atoms with E-state index in [0.29, 0.717) is 0 Å². The zero-order chi connectivity index (χ0) is 13.0. The van der Waals surface area contributed by atoms with Crippen molar-refractivity contribution in [2.75, 3.05) is 0 Å². The predicted molar refractivity (Wildman–Crippen MR) is 79.7 cm³/mol. The van der Waals surface area contributed by atoms with Gasteiger partial charge in [0.2, 0.25) is 0 Å². The number of nitrogens with zero attached hydrogens (tertiary/aromatic N) is 1. The monoisotopic (exact) mass is 240 g/mol. The number of aromatic amines is 1. The van der Waals surface area contributed by atoms with Crippen LogP contribution < -0.4 is 0 Å². The number of hydrogen-bond acceptors (Lipinski definition) is 1. The van der Waals surface area contributed by atoms with Gasteiger partial charge in [0.15, 0.2) is 0 Å². The third-order valence-corrected chi connectivity index (χ3v) is 2.93. The average molecular weight is 240 g/mol. The topological polar surface area (TPSA) is 28.7 Å². The maximum atomic E-state index is 4.07. The number of nitrogens with one attached hydrogen (secondary N) is 1. The van der Waals surface area contributed by atoms with Crippen molar-refractivity contribution in [2.45, 2.75) is 20.8 Å². The first-order valence-corrected chi connectivity index (χ1v) is 6.33. The molecule has 0 unspecified atom stereocenters. The summed E-state index contributed by atoms with van der Waals surface area (Å²) >= 11 is 0. The summed E-state index contributed by atoms with van der Waals surface area (Å²) in [6.07, 6.45) is 3.57. The number of aryl methyl sites for hydroxylation is 1. The molecule has 0 aliphatic heterocycles. The summed E-state index contributed by atoms with van der Waals surface area (Å²) in [5.74, 6) is 0. The summed E-state index contributed by atoms with van der Waals surface area (Å²) in [5.41, 5.74) is 3.58. The van der Waals surface area contributed by atoms with Crippen LogP contribution in [-0.4, -0.2) is 9.97 Å². The standard InChI is InChI=1S/C14H12N2.C2H6.H2/c1-10-6-7-13(14-8-15-9-16-14)12-5-3-2-4-11(10)12;1-2;/h2-9H,1H3,(H,15,16);1-2H3;1H. The van der Waals surface area contributed by atoms with E-state index in [1.165, 1.54) is 21.9 Å². The van der Waals surface area contributed by atoms with Crippen molar-refractivity contribution < 1.29 is 1.43 Å². The second kappa shape index (κ2) is 5.50. The summed E-state index contributed by atoms with van der Waals surface area (Å²) < 4.78 is 0. The van der Waals surface area contributed by atoms with E-state index in [2.05, 4.69) is 53.3 Å². The van der Waals surface area contributed by atoms with Crippen molar-refractivity contribution in [1.29, 1.82) is 0 Å². The fourth-order valence-corrected chi connectivity index (χ4v) is 2.09. The van der Waals surface area contributed by atoms with Gasteiger partial charge in [0, 0.05) is 6.99 Å². The lowest BCUT2D eigenvalue weighted by atomic mass is 9.99. The Morgan fingerprint density at radius 2 is 1.72 bits per heavy atom. The Labute approximate surface area is 109 Å². The molecular weight excluding hydrogens is 220 g/mol. The van der Waals surface area contributed by atoms with E-state index < -0.39 is 0 Å². The molecule has 0 radical (unpaired) electrons. The molecule has 0 aliphatic rings. The zero-order valence-corrected chi connectivity index (χ0v) is 11.1. The first-order valence-electron chi connectivity index (χ1n) is 6.33.